The summed E-state index contributed by atoms with van der Waals surface area (Å²) in [4.78, 5) is 6.84. The first-order valence-electron chi connectivity index (χ1n) is 9.51. The number of nitrogens with zero attached hydrogens (tertiary/aromatic N) is 2. The molecule has 140 valence electrons. The van der Waals surface area contributed by atoms with Crippen LogP contribution in [0.2, 0.25) is 0 Å². The van der Waals surface area contributed by atoms with Crippen molar-refractivity contribution in [2.24, 2.45) is 10.9 Å². The summed E-state index contributed by atoms with van der Waals surface area (Å²) in [5.74, 6) is 1.60. The van der Waals surface area contributed by atoms with Gasteiger partial charge in [0.2, 0.25) is 0 Å². The second kappa shape index (κ2) is 11.1. The molecule has 0 unspecified atom stereocenters. The van der Waals surface area contributed by atoms with Gasteiger partial charge in [0.05, 0.1) is 6.61 Å². The Morgan fingerprint density at radius 1 is 1.20 bits per heavy atom. The van der Waals surface area contributed by atoms with Crippen LogP contribution in [-0.2, 0) is 11.3 Å². The second-order valence-electron chi connectivity index (χ2n) is 6.78. The minimum Gasteiger partial charge on any atom is -0.380 e. The van der Waals surface area contributed by atoms with Gasteiger partial charge in [-0.3, -0.25) is 9.89 Å². The van der Waals surface area contributed by atoms with Crippen LogP contribution >= 0.6 is 0 Å². The second-order valence-corrected chi connectivity index (χ2v) is 6.78. The minimum atomic E-state index is 0.717. The molecule has 0 aliphatic carbocycles. The zero-order chi connectivity index (χ0) is 17.9. The molecule has 0 aromatic heterocycles. The van der Waals surface area contributed by atoms with E-state index in [1.807, 2.05) is 14.0 Å². The zero-order valence-electron chi connectivity index (χ0n) is 16.1. The number of hydrogen-bond acceptors (Lipinski definition) is 3. The van der Waals surface area contributed by atoms with Crippen LogP contribution in [0.25, 0.3) is 0 Å². The minimum absolute atomic E-state index is 0.717. The summed E-state index contributed by atoms with van der Waals surface area (Å²) in [5.41, 5.74) is 2.75. The largest absolute Gasteiger partial charge is 0.380 e. The van der Waals surface area contributed by atoms with Crippen LogP contribution in [0.5, 0.6) is 0 Å². The lowest BCUT2D eigenvalue weighted by Crippen LogP contribution is -2.43. The predicted octanol–water partition coefficient (Wildman–Crippen LogP) is 2.41. The van der Waals surface area contributed by atoms with Crippen molar-refractivity contribution in [3.63, 3.8) is 0 Å². The summed E-state index contributed by atoms with van der Waals surface area (Å²) in [7, 11) is 1.82. The van der Waals surface area contributed by atoms with Gasteiger partial charge in [-0.05, 0) is 51.3 Å². The number of rotatable bonds is 8. The maximum atomic E-state index is 5.34. The van der Waals surface area contributed by atoms with E-state index in [9.17, 15) is 0 Å². The third-order valence-electron chi connectivity index (χ3n) is 4.76. The molecule has 1 fully saturated rings. The molecular formula is C20H34N4O. The smallest absolute Gasteiger partial charge is 0.191 e. The molecule has 2 N–H and O–H groups in total. The average molecular weight is 347 g/mol. The highest BCUT2D eigenvalue weighted by molar-refractivity contribution is 5.79. The average Bonchev–Trinajstić information content (AvgIpc) is 2.64. The first kappa shape index (κ1) is 19.7. The molecule has 0 saturated carbocycles. The van der Waals surface area contributed by atoms with Crippen molar-refractivity contribution in [1.29, 1.82) is 0 Å². The van der Waals surface area contributed by atoms with Crippen molar-refractivity contribution in [3.8, 4) is 0 Å². The topological polar surface area (TPSA) is 48.9 Å². The number of ether oxygens (including phenoxy) is 1. The molecule has 1 heterocycles. The normalized spacial score (nSPS) is 16.8. The number of benzene rings is 1. The van der Waals surface area contributed by atoms with Gasteiger partial charge in [0, 0.05) is 33.3 Å². The number of likely N-dealkylation sites (tertiary alicyclic amines) is 1. The van der Waals surface area contributed by atoms with Crippen LogP contribution in [0.1, 0.15) is 30.9 Å². The fourth-order valence-corrected chi connectivity index (χ4v) is 3.15. The van der Waals surface area contributed by atoms with E-state index in [4.69, 9.17) is 4.74 Å². The van der Waals surface area contributed by atoms with E-state index in [1.54, 1.807) is 0 Å². The highest BCUT2D eigenvalue weighted by Crippen LogP contribution is 2.18. The van der Waals surface area contributed by atoms with E-state index in [2.05, 4.69) is 51.7 Å². The number of piperidine rings is 1. The Labute approximate surface area is 152 Å². The molecule has 0 atom stereocenters. The summed E-state index contributed by atoms with van der Waals surface area (Å²) in [6.07, 6.45) is 2.49. The van der Waals surface area contributed by atoms with E-state index in [0.29, 0.717) is 6.61 Å². The summed E-state index contributed by atoms with van der Waals surface area (Å²) < 4.78 is 5.34. The van der Waals surface area contributed by atoms with Crippen molar-refractivity contribution in [1.82, 2.24) is 15.5 Å². The summed E-state index contributed by atoms with van der Waals surface area (Å²) in [6.45, 7) is 10.8. The van der Waals surface area contributed by atoms with Gasteiger partial charge in [-0.2, -0.15) is 0 Å². The predicted molar refractivity (Wildman–Crippen MR) is 105 cm³/mol. The van der Waals surface area contributed by atoms with E-state index >= 15 is 0 Å². The van der Waals surface area contributed by atoms with Gasteiger partial charge in [-0.1, -0.05) is 29.8 Å². The standard InChI is InChI=1S/C20H34N4O/c1-4-25-14-11-22-20(21-3)23-15-18-9-12-24(13-10-18)16-19-7-5-17(2)6-8-19/h5-8,18H,4,9-16H2,1-3H3,(H2,21,22,23). The molecule has 0 spiro atoms. The van der Waals surface area contributed by atoms with Crippen molar-refractivity contribution >= 4 is 5.96 Å². The lowest BCUT2D eigenvalue weighted by Gasteiger charge is -2.32. The monoisotopic (exact) mass is 346 g/mol. The number of aryl methyl sites for hydroxylation is 1. The van der Waals surface area contributed by atoms with Gasteiger partial charge in [-0.25, -0.2) is 0 Å². The molecular weight excluding hydrogens is 312 g/mol. The molecule has 1 aromatic carbocycles. The molecule has 0 radical (unpaired) electrons. The van der Waals surface area contributed by atoms with Crippen molar-refractivity contribution < 1.29 is 4.74 Å². The summed E-state index contributed by atoms with van der Waals surface area (Å²) in [6, 6.07) is 8.91. The lowest BCUT2D eigenvalue weighted by atomic mass is 9.96. The highest BCUT2D eigenvalue weighted by atomic mass is 16.5. The molecule has 0 bridgehead atoms. The summed E-state index contributed by atoms with van der Waals surface area (Å²) in [5, 5.41) is 6.74. The highest BCUT2D eigenvalue weighted by Gasteiger charge is 2.19. The SMILES string of the molecule is CCOCCNC(=NC)NCC1CCN(Cc2ccc(C)cc2)CC1. The van der Waals surface area contributed by atoms with Crippen LogP contribution < -0.4 is 10.6 Å². The Morgan fingerprint density at radius 2 is 1.92 bits per heavy atom. The van der Waals surface area contributed by atoms with Crippen LogP contribution in [0.15, 0.2) is 29.3 Å². The third kappa shape index (κ3) is 7.45. The Morgan fingerprint density at radius 3 is 2.56 bits per heavy atom. The van der Waals surface area contributed by atoms with Crippen LogP contribution in [0.3, 0.4) is 0 Å². The Balaban J connectivity index is 1.63. The van der Waals surface area contributed by atoms with E-state index in [0.717, 1.165) is 38.1 Å². The molecule has 0 amide bonds. The molecule has 1 aromatic rings. The van der Waals surface area contributed by atoms with Crippen LogP contribution in [0, 0.1) is 12.8 Å². The quantitative estimate of drug-likeness (QED) is 0.431. The molecule has 2 rings (SSSR count). The van der Waals surface area contributed by atoms with Crippen LogP contribution in [0.4, 0.5) is 0 Å². The summed E-state index contributed by atoms with van der Waals surface area (Å²) >= 11 is 0. The Bertz CT molecular complexity index is 507. The molecule has 5 heteroatoms. The van der Waals surface area contributed by atoms with Gasteiger partial charge < -0.3 is 15.4 Å². The maximum absolute atomic E-state index is 5.34. The van der Waals surface area contributed by atoms with Gasteiger partial charge in [0.1, 0.15) is 0 Å². The first-order chi connectivity index (χ1) is 12.2. The zero-order valence-corrected chi connectivity index (χ0v) is 16.1. The van der Waals surface area contributed by atoms with Gasteiger partial charge >= 0.3 is 0 Å². The van der Waals surface area contributed by atoms with Crippen molar-refractivity contribution in [2.45, 2.75) is 33.2 Å². The molecule has 25 heavy (non-hydrogen) atoms. The van der Waals surface area contributed by atoms with Gasteiger partial charge in [0.25, 0.3) is 0 Å². The molecule has 1 aliphatic rings. The van der Waals surface area contributed by atoms with Crippen molar-refractivity contribution in [3.05, 3.63) is 35.4 Å². The molecule has 5 nitrogen and oxygen atoms in total. The fourth-order valence-electron chi connectivity index (χ4n) is 3.15. The van der Waals surface area contributed by atoms with Crippen LogP contribution in [-0.4, -0.2) is 57.3 Å². The van der Waals surface area contributed by atoms with E-state index in [-0.39, 0.29) is 0 Å². The van der Waals surface area contributed by atoms with Gasteiger partial charge in [0.15, 0.2) is 5.96 Å². The fraction of sp³-hybridized carbons (Fsp3) is 0.650. The molecule has 1 saturated heterocycles. The third-order valence-corrected chi connectivity index (χ3v) is 4.76. The van der Waals surface area contributed by atoms with Gasteiger partial charge in [-0.15, -0.1) is 0 Å². The van der Waals surface area contributed by atoms with E-state index in [1.165, 1.54) is 37.1 Å². The van der Waals surface area contributed by atoms with E-state index < -0.39 is 0 Å². The Hall–Kier alpha value is -1.59. The number of guanidine groups is 1. The molecule has 1 aliphatic heterocycles. The Kier molecular flexibility index (Phi) is 8.77. The number of hydrogen-bond donors (Lipinski definition) is 2. The van der Waals surface area contributed by atoms with Crippen molar-refractivity contribution in [2.75, 3.05) is 46.4 Å². The first-order valence-corrected chi connectivity index (χ1v) is 9.51. The maximum Gasteiger partial charge on any atom is 0.191 e. The number of nitrogens with one attached hydrogen (secondary N) is 2. The lowest BCUT2D eigenvalue weighted by molar-refractivity contribution is 0.152. The number of aliphatic imine (C=N–C) groups is 1.